The number of amides is 2. The summed E-state index contributed by atoms with van der Waals surface area (Å²) >= 11 is 0. The minimum absolute atomic E-state index is 0.0154. The van der Waals surface area contributed by atoms with Crippen molar-refractivity contribution in [2.75, 3.05) is 59.3 Å². The maximum absolute atomic E-state index is 13.8. The molecule has 0 bridgehead atoms. The van der Waals surface area contributed by atoms with Crippen LogP contribution in [0.15, 0.2) is 42.5 Å². The Kier molecular flexibility index (Phi) is 10.9. The standard InChI is InChI=1S/C32H46N4O5/c1-22(2)35(32(38)24-9-12-29(40-4)30(17-24)41-14-6-13-39-3)20-25-18-34-19-26(25)21-36(28-10-11-28)31(37)16-23-7-5-8-27(33)15-23/h5,7-9,12,15,17,22,25-26,28,34H,6,10-11,13-14,16,18-21,33H2,1-4H3/t25-,26-/m0/s1. The first-order chi connectivity index (χ1) is 19.8. The zero-order valence-corrected chi connectivity index (χ0v) is 24.9. The largest absolute Gasteiger partial charge is 0.493 e. The summed E-state index contributed by atoms with van der Waals surface area (Å²) in [5.41, 5.74) is 8.13. The van der Waals surface area contributed by atoms with Gasteiger partial charge in [0, 0.05) is 69.7 Å². The Morgan fingerprint density at radius 3 is 2.41 bits per heavy atom. The highest BCUT2D eigenvalue weighted by atomic mass is 16.5. The predicted octanol–water partition coefficient (Wildman–Crippen LogP) is 3.61. The van der Waals surface area contributed by atoms with Crippen LogP contribution in [-0.2, 0) is 16.0 Å². The Hall–Kier alpha value is -3.30. The zero-order chi connectivity index (χ0) is 29.4. The SMILES string of the molecule is COCCCOc1cc(C(=O)N(C[C@@H]2CNC[C@H]2CN(C(=O)Cc2cccc(N)c2)C2CC2)C(C)C)ccc1OC. The molecule has 2 aliphatic rings. The molecule has 1 aliphatic heterocycles. The van der Waals surface area contributed by atoms with Crippen LogP contribution in [0.5, 0.6) is 11.5 Å². The molecule has 4 rings (SSSR count). The number of nitrogen functional groups attached to an aromatic ring is 1. The molecule has 0 unspecified atom stereocenters. The van der Waals surface area contributed by atoms with Crippen LogP contribution in [-0.4, -0.2) is 87.3 Å². The number of ether oxygens (including phenoxy) is 3. The van der Waals surface area contributed by atoms with Gasteiger partial charge in [0.15, 0.2) is 11.5 Å². The van der Waals surface area contributed by atoms with E-state index in [1.54, 1.807) is 32.4 Å². The molecule has 1 saturated carbocycles. The lowest BCUT2D eigenvalue weighted by Gasteiger charge is -2.34. The van der Waals surface area contributed by atoms with Gasteiger partial charge in [-0.1, -0.05) is 12.1 Å². The molecular formula is C32H46N4O5. The van der Waals surface area contributed by atoms with Crippen LogP contribution in [0, 0.1) is 11.8 Å². The van der Waals surface area contributed by atoms with Gasteiger partial charge in [-0.2, -0.15) is 0 Å². The summed E-state index contributed by atoms with van der Waals surface area (Å²) < 4.78 is 16.5. The van der Waals surface area contributed by atoms with E-state index in [2.05, 4.69) is 10.2 Å². The number of benzene rings is 2. The number of carbonyl (C=O) groups excluding carboxylic acids is 2. The van der Waals surface area contributed by atoms with E-state index in [0.717, 1.165) is 37.9 Å². The molecule has 2 atom stereocenters. The van der Waals surface area contributed by atoms with Gasteiger partial charge in [-0.3, -0.25) is 9.59 Å². The number of nitrogens with one attached hydrogen (secondary N) is 1. The second kappa shape index (κ2) is 14.5. The number of anilines is 1. The number of carbonyl (C=O) groups is 2. The summed E-state index contributed by atoms with van der Waals surface area (Å²) in [5, 5.41) is 3.52. The summed E-state index contributed by atoms with van der Waals surface area (Å²) in [6.07, 6.45) is 3.21. The first-order valence-electron chi connectivity index (χ1n) is 14.8. The fourth-order valence-corrected chi connectivity index (χ4v) is 5.54. The minimum Gasteiger partial charge on any atom is -0.493 e. The van der Waals surface area contributed by atoms with Crippen LogP contribution in [0.4, 0.5) is 5.69 Å². The van der Waals surface area contributed by atoms with Gasteiger partial charge < -0.3 is 35.1 Å². The number of methoxy groups -OCH3 is 2. The number of hydrogen-bond donors (Lipinski definition) is 2. The average Bonchev–Trinajstić information content (AvgIpc) is 3.70. The van der Waals surface area contributed by atoms with Crippen molar-refractivity contribution in [3.8, 4) is 11.5 Å². The Bertz CT molecular complexity index is 1170. The van der Waals surface area contributed by atoms with Gasteiger partial charge in [-0.15, -0.1) is 0 Å². The lowest BCUT2D eigenvalue weighted by Crippen LogP contribution is -2.45. The van der Waals surface area contributed by atoms with E-state index < -0.39 is 0 Å². The van der Waals surface area contributed by atoms with Crippen LogP contribution in [0.3, 0.4) is 0 Å². The molecular weight excluding hydrogens is 520 g/mol. The van der Waals surface area contributed by atoms with E-state index in [1.165, 1.54) is 0 Å². The first-order valence-corrected chi connectivity index (χ1v) is 14.8. The molecule has 2 aromatic rings. The summed E-state index contributed by atoms with van der Waals surface area (Å²) in [5.74, 6) is 1.77. The fourth-order valence-electron chi connectivity index (χ4n) is 5.54. The number of nitrogens with zero attached hydrogens (tertiary/aromatic N) is 2. The summed E-state index contributed by atoms with van der Waals surface area (Å²) in [6.45, 7) is 8.14. The molecule has 0 spiro atoms. The van der Waals surface area contributed by atoms with Crippen LogP contribution in [0.2, 0.25) is 0 Å². The van der Waals surface area contributed by atoms with Crippen molar-refractivity contribution in [3.05, 3.63) is 53.6 Å². The molecule has 224 valence electrons. The smallest absolute Gasteiger partial charge is 0.254 e. The maximum Gasteiger partial charge on any atom is 0.254 e. The third-order valence-electron chi connectivity index (χ3n) is 8.00. The molecule has 9 heteroatoms. The van der Waals surface area contributed by atoms with Gasteiger partial charge in [0.2, 0.25) is 5.91 Å². The van der Waals surface area contributed by atoms with E-state index in [9.17, 15) is 9.59 Å². The second-order valence-corrected chi connectivity index (χ2v) is 11.5. The number of nitrogens with two attached hydrogens (primary N) is 1. The third kappa shape index (κ3) is 8.36. The van der Waals surface area contributed by atoms with E-state index in [4.69, 9.17) is 19.9 Å². The van der Waals surface area contributed by atoms with Crippen LogP contribution >= 0.6 is 0 Å². The molecule has 2 amide bonds. The summed E-state index contributed by atoms with van der Waals surface area (Å²) in [7, 11) is 3.25. The highest BCUT2D eigenvalue weighted by Crippen LogP contribution is 2.32. The number of hydrogen-bond acceptors (Lipinski definition) is 7. The molecule has 41 heavy (non-hydrogen) atoms. The Balaban J connectivity index is 1.43. The van der Waals surface area contributed by atoms with Crippen molar-refractivity contribution < 1.29 is 23.8 Å². The van der Waals surface area contributed by atoms with Gasteiger partial charge >= 0.3 is 0 Å². The molecule has 0 aromatic heterocycles. The lowest BCUT2D eigenvalue weighted by atomic mass is 9.93. The average molecular weight is 567 g/mol. The Morgan fingerprint density at radius 1 is 1.00 bits per heavy atom. The maximum atomic E-state index is 13.8. The highest BCUT2D eigenvalue weighted by Gasteiger charge is 2.38. The van der Waals surface area contributed by atoms with E-state index in [0.29, 0.717) is 61.5 Å². The number of rotatable bonds is 15. The minimum atomic E-state index is -0.0353. The summed E-state index contributed by atoms with van der Waals surface area (Å²) in [6, 6.07) is 13.3. The molecule has 1 saturated heterocycles. The van der Waals surface area contributed by atoms with Crippen molar-refractivity contribution in [1.82, 2.24) is 15.1 Å². The third-order valence-corrected chi connectivity index (χ3v) is 8.00. The van der Waals surface area contributed by atoms with Crippen molar-refractivity contribution in [2.24, 2.45) is 11.8 Å². The topological polar surface area (TPSA) is 106 Å². The van der Waals surface area contributed by atoms with E-state index in [-0.39, 0.29) is 29.7 Å². The predicted molar refractivity (Wildman–Crippen MR) is 160 cm³/mol. The lowest BCUT2D eigenvalue weighted by molar-refractivity contribution is -0.131. The molecule has 2 fully saturated rings. The monoisotopic (exact) mass is 566 g/mol. The van der Waals surface area contributed by atoms with Gasteiger partial charge in [0.05, 0.1) is 20.1 Å². The quantitative estimate of drug-likeness (QED) is 0.251. The molecule has 1 aliphatic carbocycles. The molecule has 1 heterocycles. The Labute approximate surface area is 244 Å². The normalized spacial score (nSPS) is 18.4. The van der Waals surface area contributed by atoms with Crippen LogP contribution in [0.25, 0.3) is 0 Å². The van der Waals surface area contributed by atoms with Gasteiger partial charge in [-0.25, -0.2) is 0 Å². The van der Waals surface area contributed by atoms with Crippen molar-refractivity contribution in [3.63, 3.8) is 0 Å². The van der Waals surface area contributed by atoms with Crippen molar-refractivity contribution in [1.29, 1.82) is 0 Å². The van der Waals surface area contributed by atoms with E-state index >= 15 is 0 Å². The van der Waals surface area contributed by atoms with E-state index in [1.807, 2.05) is 43.0 Å². The van der Waals surface area contributed by atoms with Gasteiger partial charge in [0.25, 0.3) is 5.91 Å². The Morgan fingerprint density at radius 2 is 1.76 bits per heavy atom. The van der Waals surface area contributed by atoms with Gasteiger partial charge in [-0.05, 0) is 74.4 Å². The van der Waals surface area contributed by atoms with Crippen molar-refractivity contribution >= 4 is 17.5 Å². The first kappa shape index (κ1) is 30.7. The molecule has 3 N–H and O–H groups in total. The zero-order valence-electron chi connectivity index (χ0n) is 24.9. The molecule has 2 aromatic carbocycles. The fraction of sp³-hybridized carbons (Fsp3) is 0.562. The summed E-state index contributed by atoms with van der Waals surface area (Å²) in [4.78, 5) is 31.2. The highest BCUT2D eigenvalue weighted by molar-refractivity contribution is 5.95. The second-order valence-electron chi connectivity index (χ2n) is 11.5. The van der Waals surface area contributed by atoms with Crippen LogP contribution in [0.1, 0.15) is 49.0 Å². The molecule has 0 radical (unpaired) electrons. The van der Waals surface area contributed by atoms with Gasteiger partial charge in [0.1, 0.15) is 0 Å². The molecule has 9 nitrogen and oxygen atoms in total. The van der Waals surface area contributed by atoms with Crippen molar-refractivity contribution in [2.45, 2.75) is 51.6 Å². The van der Waals surface area contributed by atoms with Crippen LogP contribution < -0.4 is 20.5 Å².